The molecule has 0 spiro atoms. The second-order valence-corrected chi connectivity index (χ2v) is 5.30. The summed E-state index contributed by atoms with van der Waals surface area (Å²) in [5.74, 6) is 0. The molecule has 3 heteroatoms. The number of hydrogen-bond acceptors (Lipinski definition) is 2. The molecule has 0 unspecified atom stereocenters. The summed E-state index contributed by atoms with van der Waals surface area (Å²) in [6.07, 6.45) is 0. The first-order valence-electron chi connectivity index (χ1n) is 5.33. The predicted octanol–water partition coefficient (Wildman–Crippen LogP) is 4.29. The zero-order chi connectivity index (χ0) is 12.3. The maximum absolute atomic E-state index is 9.32. The van der Waals surface area contributed by atoms with Crippen molar-refractivity contribution >= 4 is 23.4 Å². The average molecular weight is 265 g/mol. The molecular formula is C14H13ClOS. The largest absolute Gasteiger partial charge is 0.392 e. The van der Waals surface area contributed by atoms with Crippen LogP contribution >= 0.6 is 23.4 Å². The van der Waals surface area contributed by atoms with Gasteiger partial charge in [0.25, 0.3) is 0 Å². The van der Waals surface area contributed by atoms with Crippen molar-refractivity contribution in [3.63, 3.8) is 0 Å². The third-order valence-electron chi connectivity index (χ3n) is 2.51. The van der Waals surface area contributed by atoms with Gasteiger partial charge in [-0.2, -0.15) is 0 Å². The van der Waals surface area contributed by atoms with E-state index in [0.29, 0.717) is 5.02 Å². The summed E-state index contributed by atoms with van der Waals surface area (Å²) < 4.78 is 0. The fourth-order valence-electron chi connectivity index (χ4n) is 1.56. The Hall–Kier alpha value is -0.960. The minimum atomic E-state index is 0.00870. The second-order valence-electron chi connectivity index (χ2n) is 3.78. The van der Waals surface area contributed by atoms with Crippen LogP contribution in [0.4, 0.5) is 0 Å². The van der Waals surface area contributed by atoms with Gasteiger partial charge in [-0.05, 0) is 42.3 Å². The molecule has 2 rings (SSSR count). The van der Waals surface area contributed by atoms with E-state index in [9.17, 15) is 5.11 Å². The first-order valence-corrected chi connectivity index (χ1v) is 6.53. The van der Waals surface area contributed by atoms with E-state index in [4.69, 9.17) is 11.6 Å². The molecule has 0 aromatic heterocycles. The number of hydrogen-bond donors (Lipinski definition) is 1. The van der Waals surface area contributed by atoms with Crippen molar-refractivity contribution in [3.05, 3.63) is 58.6 Å². The van der Waals surface area contributed by atoms with Gasteiger partial charge in [-0.25, -0.2) is 0 Å². The Kier molecular flexibility index (Phi) is 4.11. The van der Waals surface area contributed by atoms with Gasteiger partial charge in [-0.3, -0.25) is 0 Å². The van der Waals surface area contributed by atoms with Crippen molar-refractivity contribution < 1.29 is 5.11 Å². The third kappa shape index (κ3) is 3.03. The first kappa shape index (κ1) is 12.5. The Morgan fingerprint density at radius 1 is 1.12 bits per heavy atom. The topological polar surface area (TPSA) is 20.2 Å². The van der Waals surface area contributed by atoms with Gasteiger partial charge in [-0.15, -0.1) is 0 Å². The highest BCUT2D eigenvalue weighted by molar-refractivity contribution is 7.99. The molecular weight excluding hydrogens is 252 g/mol. The number of aliphatic hydroxyl groups is 1. The fourth-order valence-corrected chi connectivity index (χ4v) is 2.76. The maximum Gasteiger partial charge on any atom is 0.0693 e. The molecule has 2 aromatic rings. The van der Waals surface area contributed by atoms with Crippen molar-refractivity contribution in [2.24, 2.45) is 0 Å². The van der Waals surface area contributed by atoms with Crippen LogP contribution in [0.5, 0.6) is 0 Å². The summed E-state index contributed by atoms with van der Waals surface area (Å²) >= 11 is 7.56. The molecule has 0 atom stereocenters. The van der Waals surface area contributed by atoms with E-state index in [1.807, 2.05) is 30.3 Å². The number of aryl methyl sites for hydroxylation is 1. The molecule has 0 bridgehead atoms. The highest BCUT2D eigenvalue weighted by atomic mass is 35.5. The van der Waals surface area contributed by atoms with E-state index in [0.717, 1.165) is 10.5 Å². The van der Waals surface area contributed by atoms with Gasteiger partial charge < -0.3 is 5.11 Å². The van der Waals surface area contributed by atoms with E-state index >= 15 is 0 Å². The van der Waals surface area contributed by atoms with Crippen molar-refractivity contribution in [3.8, 4) is 0 Å². The summed E-state index contributed by atoms with van der Waals surface area (Å²) in [5.41, 5.74) is 2.10. The highest BCUT2D eigenvalue weighted by Crippen LogP contribution is 2.33. The van der Waals surface area contributed by atoms with Crippen molar-refractivity contribution in [1.29, 1.82) is 0 Å². The maximum atomic E-state index is 9.32. The normalized spacial score (nSPS) is 10.5. The molecule has 1 N–H and O–H groups in total. The summed E-state index contributed by atoms with van der Waals surface area (Å²) in [6, 6.07) is 13.8. The van der Waals surface area contributed by atoms with Crippen LogP contribution in [0.3, 0.4) is 0 Å². The van der Waals surface area contributed by atoms with E-state index in [2.05, 4.69) is 19.1 Å². The Balaban J connectivity index is 2.33. The van der Waals surface area contributed by atoms with Crippen LogP contribution in [0.1, 0.15) is 11.1 Å². The van der Waals surface area contributed by atoms with Gasteiger partial charge >= 0.3 is 0 Å². The van der Waals surface area contributed by atoms with E-state index in [1.165, 1.54) is 10.5 Å². The monoisotopic (exact) mass is 264 g/mol. The molecule has 2 aromatic carbocycles. The lowest BCUT2D eigenvalue weighted by atomic mass is 10.2. The van der Waals surface area contributed by atoms with Crippen molar-refractivity contribution in [1.82, 2.24) is 0 Å². The van der Waals surface area contributed by atoms with Gasteiger partial charge in [0, 0.05) is 14.8 Å². The zero-order valence-electron chi connectivity index (χ0n) is 9.48. The molecule has 0 amide bonds. The zero-order valence-corrected chi connectivity index (χ0v) is 11.1. The number of aliphatic hydroxyl groups excluding tert-OH is 1. The lowest BCUT2D eigenvalue weighted by Gasteiger charge is -2.09. The van der Waals surface area contributed by atoms with Crippen molar-refractivity contribution in [2.75, 3.05) is 0 Å². The summed E-state index contributed by atoms with van der Waals surface area (Å²) in [7, 11) is 0. The van der Waals surface area contributed by atoms with Crippen LogP contribution in [-0.4, -0.2) is 5.11 Å². The van der Waals surface area contributed by atoms with Gasteiger partial charge in [0.15, 0.2) is 0 Å². The molecule has 0 aliphatic carbocycles. The summed E-state index contributed by atoms with van der Waals surface area (Å²) in [5, 5.41) is 9.97. The van der Waals surface area contributed by atoms with Crippen LogP contribution in [0, 0.1) is 6.92 Å². The number of rotatable bonds is 3. The molecule has 1 nitrogen and oxygen atoms in total. The van der Waals surface area contributed by atoms with Gasteiger partial charge in [-0.1, -0.05) is 41.6 Å². The quantitative estimate of drug-likeness (QED) is 0.892. The molecule has 0 radical (unpaired) electrons. The standard InChI is InChI=1S/C14H13ClOS/c1-10-4-2-3-5-13(10)17-14-7-6-12(15)8-11(14)9-16/h2-8,16H,9H2,1H3. The molecule has 88 valence electrons. The highest BCUT2D eigenvalue weighted by Gasteiger charge is 2.06. The van der Waals surface area contributed by atoms with Crippen LogP contribution in [0.15, 0.2) is 52.3 Å². The summed E-state index contributed by atoms with van der Waals surface area (Å²) in [4.78, 5) is 2.25. The Morgan fingerprint density at radius 2 is 1.88 bits per heavy atom. The third-order valence-corrected chi connectivity index (χ3v) is 4.04. The fraction of sp³-hybridized carbons (Fsp3) is 0.143. The van der Waals surface area contributed by atoms with E-state index in [1.54, 1.807) is 11.8 Å². The summed E-state index contributed by atoms with van der Waals surface area (Å²) in [6.45, 7) is 2.09. The van der Waals surface area contributed by atoms with Gasteiger partial charge in [0.2, 0.25) is 0 Å². The molecule has 0 fully saturated rings. The lowest BCUT2D eigenvalue weighted by Crippen LogP contribution is -1.88. The minimum absolute atomic E-state index is 0.00870. The molecule has 0 saturated heterocycles. The number of benzene rings is 2. The van der Waals surface area contributed by atoms with E-state index < -0.39 is 0 Å². The SMILES string of the molecule is Cc1ccccc1Sc1ccc(Cl)cc1CO. The van der Waals surface area contributed by atoms with Crippen LogP contribution in [-0.2, 0) is 6.61 Å². The van der Waals surface area contributed by atoms with Crippen molar-refractivity contribution in [2.45, 2.75) is 23.3 Å². The van der Waals surface area contributed by atoms with Crippen LogP contribution < -0.4 is 0 Å². The Morgan fingerprint density at radius 3 is 2.59 bits per heavy atom. The van der Waals surface area contributed by atoms with Gasteiger partial charge in [0.1, 0.15) is 0 Å². The average Bonchev–Trinajstić information content (AvgIpc) is 2.34. The number of halogens is 1. The smallest absolute Gasteiger partial charge is 0.0693 e. The molecule has 0 saturated carbocycles. The first-order chi connectivity index (χ1) is 8.20. The van der Waals surface area contributed by atoms with Gasteiger partial charge in [0.05, 0.1) is 6.61 Å². The molecule has 0 heterocycles. The molecule has 0 aliphatic rings. The molecule has 0 aliphatic heterocycles. The molecule has 17 heavy (non-hydrogen) atoms. The van der Waals surface area contributed by atoms with Crippen LogP contribution in [0.2, 0.25) is 5.02 Å². The van der Waals surface area contributed by atoms with E-state index in [-0.39, 0.29) is 6.61 Å². The minimum Gasteiger partial charge on any atom is -0.392 e. The Labute approximate surface area is 110 Å². The predicted molar refractivity (Wildman–Crippen MR) is 72.7 cm³/mol. The second kappa shape index (κ2) is 5.58. The Bertz CT molecular complexity index is 525. The van der Waals surface area contributed by atoms with Crippen LogP contribution in [0.25, 0.3) is 0 Å². The lowest BCUT2D eigenvalue weighted by molar-refractivity contribution is 0.279.